The zero-order chi connectivity index (χ0) is 17.6. The number of esters is 1. The molecule has 5 nitrogen and oxygen atoms in total. The Bertz CT molecular complexity index is 703. The van der Waals surface area contributed by atoms with Crippen LogP contribution in [0.2, 0.25) is 0 Å². The zero-order valence-electron chi connectivity index (χ0n) is 13.9. The van der Waals surface area contributed by atoms with E-state index in [0.29, 0.717) is 25.5 Å². The second kappa shape index (κ2) is 8.51. The molecular formula is C18H20FNO4S. The number of thiazole rings is 1. The van der Waals surface area contributed by atoms with Gasteiger partial charge >= 0.3 is 5.97 Å². The van der Waals surface area contributed by atoms with Gasteiger partial charge in [-0.25, -0.2) is 14.2 Å². The third kappa shape index (κ3) is 4.84. The second-order valence-corrected chi connectivity index (χ2v) is 6.65. The summed E-state index contributed by atoms with van der Waals surface area (Å²) in [5.74, 6) is -0.654. The molecule has 2 aromatic rings. The molecule has 1 saturated heterocycles. The highest BCUT2D eigenvalue weighted by molar-refractivity contribution is 7.09. The lowest BCUT2D eigenvalue weighted by molar-refractivity contribution is -0.0205. The Morgan fingerprint density at radius 2 is 2.16 bits per heavy atom. The fourth-order valence-corrected chi connectivity index (χ4v) is 3.49. The van der Waals surface area contributed by atoms with E-state index in [9.17, 15) is 9.18 Å². The highest BCUT2D eigenvalue weighted by Crippen LogP contribution is 2.34. The van der Waals surface area contributed by atoms with Crippen LogP contribution in [0.4, 0.5) is 4.39 Å². The SMILES string of the molecule is CCOC(=O)c1csc([C@H]2CC[C@@H](COCc3ccc(F)cc3)O2)n1. The molecular weight excluding hydrogens is 345 g/mol. The number of hydrogen-bond acceptors (Lipinski definition) is 6. The zero-order valence-corrected chi connectivity index (χ0v) is 14.8. The van der Waals surface area contributed by atoms with Crippen molar-refractivity contribution in [2.24, 2.45) is 0 Å². The molecule has 2 heterocycles. The average Bonchev–Trinajstić information content (AvgIpc) is 3.26. The van der Waals surface area contributed by atoms with Crippen LogP contribution >= 0.6 is 11.3 Å². The lowest BCUT2D eigenvalue weighted by Crippen LogP contribution is -2.15. The first-order valence-corrected chi connectivity index (χ1v) is 9.14. The number of carbonyl (C=O) groups is 1. The van der Waals surface area contributed by atoms with E-state index >= 15 is 0 Å². The van der Waals surface area contributed by atoms with Gasteiger partial charge in [-0.15, -0.1) is 11.3 Å². The smallest absolute Gasteiger partial charge is 0.357 e. The number of halogens is 1. The first-order chi connectivity index (χ1) is 12.2. The highest BCUT2D eigenvalue weighted by atomic mass is 32.1. The van der Waals surface area contributed by atoms with Crippen molar-refractivity contribution in [3.63, 3.8) is 0 Å². The van der Waals surface area contributed by atoms with Gasteiger partial charge in [0.05, 0.1) is 25.9 Å². The van der Waals surface area contributed by atoms with Gasteiger partial charge in [-0.1, -0.05) is 12.1 Å². The van der Waals surface area contributed by atoms with Gasteiger partial charge in [-0.2, -0.15) is 0 Å². The first-order valence-electron chi connectivity index (χ1n) is 8.26. The van der Waals surface area contributed by atoms with Crippen molar-refractivity contribution in [3.8, 4) is 0 Å². The highest BCUT2D eigenvalue weighted by Gasteiger charge is 2.29. The molecule has 0 unspecified atom stereocenters. The maximum Gasteiger partial charge on any atom is 0.357 e. The predicted octanol–water partition coefficient (Wildman–Crippen LogP) is 3.90. The van der Waals surface area contributed by atoms with Crippen LogP contribution in [0, 0.1) is 5.82 Å². The summed E-state index contributed by atoms with van der Waals surface area (Å²) >= 11 is 1.41. The van der Waals surface area contributed by atoms with E-state index in [1.807, 2.05) is 0 Å². The summed E-state index contributed by atoms with van der Waals surface area (Å²) in [5.41, 5.74) is 1.26. The van der Waals surface area contributed by atoms with Crippen LogP contribution in [0.1, 0.15) is 46.9 Å². The standard InChI is InChI=1S/C18H20FNO4S/c1-2-23-18(21)15-11-25-17(20-15)16-8-7-14(24-16)10-22-9-12-3-5-13(19)6-4-12/h3-6,11,14,16H,2,7-10H2,1H3/t14-,16+/m0/s1. The molecule has 134 valence electrons. The summed E-state index contributed by atoms with van der Waals surface area (Å²) in [5, 5.41) is 2.50. The van der Waals surface area contributed by atoms with Crippen molar-refractivity contribution >= 4 is 17.3 Å². The molecule has 2 atom stereocenters. The fraction of sp³-hybridized carbons (Fsp3) is 0.444. The Kier molecular flexibility index (Phi) is 6.12. The molecule has 1 aromatic heterocycles. The largest absolute Gasteiger partial charge is 0.461 e. The fourth-order valence-electron chi connectivity index (χ4n) is 2.63. The molecule has 0 bridgehead atoms. The monoisotopic (exact) mass is 365 g/mol. The summed E-state index contributed by atoms with van der Waals surface area (Å²) in [4.78, 5) is 16.0. The Morgan fingerprint density at radius 3 is 2.92 bits per heavy atom. The quantitative estimate of drug-likeness (QED) is 0.697. The molecule has 1 aliphatic rings. The van der Waals surface area contributed by atoms with Crippen molar-refractivity contribution in [2.75, 3.05) is 13.2 Å². The third-order valence-electron chi connectivity index (χ3n) is 3.88. The summed E-state index contributed by atoms with van der Waals surface area (Å²) in [6.07, 6.45) is 1.62. The van der Waals surface area contributed by atoms with Crippen LogP contribution in [0.15, 0.2) is 29.6 Å². The van der Waals surface area contributed by atoms with Crippen molar-refractivity contribution in [1.29, 1.82) is 0 Å². The lowest BCUT2D eigenvalue weighted by atomic mass is 10.2. The molecule has 0 spiro atoms. The molecule has 1 aromatic carbocycles. The average molecular weight is 365 g/mol. The van der Waals surface area contributed by atoms with Gasteiger partial charge in [-0.05, 0) is 37.5 Å². The van der Waals surface area contributed by atoms with E-state index in [-0.39, 0.29) is 18.0 Å². The van der Waals surface area contributed by atoms with Gasteiger partial charge in [-0.3, -0.25) is 0 Å². The number of nitrogens with zero attached hydrogens (tertiary/aromatic N) is 1. The van der Waals surface area contributed by atoms with Crippen molar-refractivity contribution < 1.29 is 23.4 Å². The molecule has 0 aliphatic carbocycles. The molecule has 3 rings (SSSR count). The second-order valence-electron chi connectivity index (χ2n) is 5.76. The first kappa shape index (κ1) is 18.0. The van der Waals surface area contributed by atoms with E-state index in [4.69, 9.17) is 14.2 Å². The summed E-state index contributed by atoms with van der Waals surface area (Å²) in [6.45, 7) is 3.00. The maximum atomic E-state index is 12.9. The number of aromatic nitrogens is 1. The van der Waals surface area contributed by atoms with E-state index < -0.39 is 5.97 Å². The van der Waals surface area contributed by atoms with E-state index in [1.165, 1.54) is 23.5 Å². The van der Waals surface area contributed by atoms with Crippen molar-refractivity contribution in [1.82, 2.24) is 4.98 Å². The number of hydrogen-bond donors (Lipinski definition) is 0. The van der Waals surface area contributed by atoms with Crippen molar-refractivity contribution in [3.05, 3.63) is 51.7 Å². The third-order valence-corrected chi connectivity index (χ3v) is 4.81. The molecule has 1 aliphatic heterocycles. The van der Waals surface area contributed by atoms with Gasteiger partial charge in [0.1, 0.15) is 16.9 Å². The van der Waals surface area contributed by atoms with Crippen LogP contribution in [-0.2, 0) is 20.8 Å². The minimum Gasteiger partial charge on any atom is -0.461 e. The number of benzene rings is 1. The number of rotatable bonds is 7. The molecule has 0 N–H and O–H groups in total. The van der Waals surface area contributed by atoms with Gasteiger partial charge in [0, 0.05) is 5.38 Å². The summed E-state index contributed by atoms with van der Waals surface area (Å²) < 4.78 is 29.4. The summed E-state index contributed by atoms with van der Waals surface area (Å²) in [6, 6.07) is 6.26. The minimum absolute atomic E-state index is 0.000363. The predicted molar refractivity (Wildman–Crippen MR) is 91.0 cm³/mol. The Labute approximate surface area is 149 Å². The molecule has 1 fully saturated rings. The molecule has 0 saturated carbocycles. The molecule has 7 heteroatoms. The topological polar surface area (TPSA) is 57.7 Å². The number of carbonyl (C=O) groups excluding carboxylic acids is 1. The van der Waals surface area contributed by atoms with Gasteiger partial charge < -0.3 is 14.2 Å². The molecule has 0 amide bonds. The molecule has 0 radical (unpaired) electrons. The van der Waals surface area contributed by atoms with E-state index in [0.717, 1.165) is 23.4 Å². The van der Waals surface area contributed by atoms with Crippen LogP contribution in [0.5, 0.6) is 0 Å². The normalized spacial score (nSPS) is 19.9. The van der Waals surface area contributed by atoms with Gasteiger partial charge in [0.15, 0.2) is 5.69 Å². The van der Waals surface area contributed by atoms with Gasteiger partial charge in [0.25, 0.3) is 0 Å². The Morgan fingerprint density at radius 1 is 1.36 bits per heavy atom. The van der Waals surface area contributed by atoms with Crippen LogP contribution in [0.25, 0.3) is 0 Å². The lowest BCUT2D eigenvalue weighted by Gasteiger charge is -2.12. The van der Waals surface area contributed by atoms with Crippen LogP contribution < -0.4 is 0 Å². The van der Waals surface area contributed by atoms with E-state index in [1.54, 1.807) is 24.4 Å². The number of ether oxygens (including phenoxy) is 3. The van der Waals surface area contributed by atoms with E-state index in [2.05, 4.69) is 4.98 Å². The maximum absolute atomic E-state index is 12.9. The Balaban J connectivity index is 1.45. The summed E-state index contributed by atoms with van der Waals surface area (Å²) in [7, 11) is 0. The van der Waals surface area contributed by atoms with Gasteiger partial charge in [0.2, 0.25) is 0 Å². The van der Waals surface area contributed by atoms with Crippen LogP contribution in [0.3, 0.4) is 0 Å². The Hall–Kier alpha value is -1.83. The van der Waals surface area contributed by atoms with Crippen LogP contribution in [-0.4, -0.2) is 30.3 Å². The minimum atomic E-state index is -0.401. The van der Waals surface area contributed by atoms with Crippen molar-refractivity contribution in [2.45, 2.75) is 38.6 Å². The molecule has 25 heavy (non-hydrogen) atoms.